The van der Waals surface area contributed by atoms with Crippen molar-refractivity contribution >= 4 is 0 Å². The van der Waals surface area contributed by atoms with Gasteiger partial charge in [-0.1, -0.05) is 13.3 Å². The van der Waals surface area contributed by atoms with Gasteiger partial charge in [0.15, 0.2) is 0 Å². The average molecular weight is 252 g/mol. The Morgan fingerprint density at radius 2 is 2.11 bits per heavy atom. The third-order valence-corrected chi connectivity index (χ3v) is 4.95. The Kier molecular flexibility index (Phi) is 3.92. The molecular weight excluding hydrogens is 224 g/mol. The summed E-state index contributed by atoms with van der Waals surface area (Å²) in [6.07, 6.45) is 7.20. The molecule has 0 aromatic carbocycles. The van der Waals surface area contributed by atoms with Crippen molar-refractivity contribution in [2.24, 2.45) is 5.92 Å². The van der Waals surface area contributed by atoms with Crippen LogP contribution in [0.4, 0.5) is 0 Å². The maximum Gasteiger partial charge on any atom is 0.0759 e. The van der Waals surface area contributed by atoms with Crippen LogP contribution in [0.5, 0.6) is 0 Å². The second-order valence-electron chi connectivity index (χ2n) is 6.47. The summed E-state index contributed by atoms with van der Waals surface area (Å²) in [6.45, 7) is 8.03. The number of rotatable bonds is 4. The standard InChI is InChI=1S/C15H28N2O/c1-3-4-13-10-17(11(2)9-16-13)14-7-8-18-15(14)12-5-6-12/h11-16H,3-10H2,1-2H3. The molecule has 104 valence electrons. The summed E-state index contributed by atoms with van der Waals surface area (Å²) in [5, 5.41) is 3.70. The molecule has 3 nitrogen and oxygen atoms in total. The molecule has 1 N–H and O–H groups in total. The number of ether oxygens (including phenoxy) is 1. The van der Waals surface area contributed by atoms with Gasteiger partial charge in [0.25, 0.3) is 0 Å². The van der Waals surface area contributed by atoms with Crippen LogP contribution < -0.4 is 5.32 Å². The first-order valence-electron chi connectivity index (χ1n) is 7.90. The van der Waals surface area contributed by atoms with Crippen LogP contribution in [0.25, 0.3) is 0 Å². The highest BCUT2D eigenvalue weighted by Crippen LogP contribution is 2.41. The lowest BCUT2D eigenvalue weighted by Crippen LogP contribution is -2.60. The molecule has 3 heteroatoms. The molecule has 1 saturated carbocycles. The van der Waals surface area contributed by atoms with E-state index in [0.29, 0.717) is 24.2 Å². The maximum atomic E-state index is 6.02. The van der Waals surface area contributed by atoms with E-state index in [9.17, 15) is 0 Å². The summed E-state index contributed by atoms with van der Waals surface area (Å²) < 4.78 is 6.02. The van der Waals surface area contributed by atoms with Crippen LogP contribution in [0.3, 0.4) is 0 Å². The highest BCUT2D eigenvalue weighted by Gasteiger charge is 2.45. The maximum absolute atomic E-state index is 6.02. The van der Waals surface area contributed by atoms with E-state index in [2.05, 4.69) is 24.1 Å². The number of nitrogens with one attached hydrogen (secondary N) is 1. The minimum absolute atomic E-state index is 0.549. The van der Waals surface area contributed by atoms with E-state index in [1.54, 1.807) is 0 Å². The zero-order valence-corrected chi connectivity index (χ0v) is 11.9. The van der Waals surface area contributed by atoms with Gasteiger partial charge in [0.05, 0.1) is 6.10 Å². The molecule has 0 aromatic rings. The Morgan fingerprint density at radius 3 is 2.83 bits per heavy atom. The SMILES string of the molecule is CCCC1CN(C2CCOC2C2CC2)C(C)CN1. The van der Waals surface area contributed by atoms with Crippen LogP contribution in [0.15, 0.2) is 0 Å². The van der Waals surface area contributed by atoms with E-state index in [0.717, 1.165) is 19.1 Å². The van der Waals surface area contributed by atoms with Crippen LogP contribution >= 0.6 is 0 Å². The first kappa shape index (κ1) is 12.9. The van der Waals surface area contributed by atoms with Crippen LogP contribution in [0.1, 0.15) is 46.0 Å². The Morgan fingerprint density at radius 1 is 1.28 bits per heavy atom. The molecule has 3 fully saturated rings. The first-order valence-corrected chi connectivity index (χ1v) is 7.90. The zero-order chi connectivity index (χ0) is 12.5. The lowest BCUT2D eigenvalue weighted by Gasteiger charge is -2.43. The smallest absolute Gasteiger partial charge is 0.0759 e. The molecule has 2 saturated heterocycles. The summed E-state index contributed by atoms with van der Waals surface area (Å²) in [6, 6.07) is 2.08. The molecule has 0 radical (unpaired) electrons. The normalized spacial score (nSPS) is 42.3. The fourth-order valence-corrected chi connectivity index (χ4v) is 3.79. The molecule has 0 bridgehead atoms. The Balaban J connectivity index is 1.64. The first-order chi connectivity index (χ1) is 8.79. The van der Waals surface area contributed by atoms with Crippen molar-refractivity contribution in [1.29, 1.82) is 0 Å². The highest BCUT2D eigenvalue weighted by atomic mass is 16.5. The van der Waals surface area contributed by atoms with Crippen molar-refractivity contribution in [3.63, 3.8) is 0 Å². The summed E-state index contributed by atoms with van der Waals surface area (Å²) in [7, 11) is 0. The van der Waals surface area contributed by atoms with E-state index in [1.165, 1.54) is 38.6 Å². The highest BCUT2D eigenvalue weighted by molar-refractivity contribution is 4.98. The molecule has 4 atom stereocenters. The predicted octanol–water partition coefficient (Wildman–Crippen LogP) is 2.02. The fraction of sp³-hybridized carbons (Fsp3) is 1.00. The van der Waals surface area contributed by atoms with E-state index < -0.39 is 0 Å². The molecule has 0 aromatic heterocycles. The van der Waals surface area contributed by atoms with Gasteiger partial charge in [0.2, 0.25) is 0 Å². The quantitative estimate of drug-likeness (QED) is 0.828. The van der Waals surface area contributed by atoms with E-state index in [4.69, 9.17) is 4.74 Å². The number of hydrogen-bond donors (Lipinski definition) is 1. The zero-order valence-electron chi connectivity index (χ0n) is 11.9. The average Bonchev–Trinajstić information content (AvgIpc) is 3.10. The second kappa shape index (κ2) is 5.48. The van der Waals surface area contributed by atoms with Crippen molar-refractivity contribution in [2.75, 3.05) is 19.7 Å². The van der Waals surface area contributed by atoms with Crippen molar-refractivity contribution in [3.05, 3.63) is 0 Å². The van der Waals surface area contributed by atoms with E-state index >= 15 is 0 Å². The third kappa shape index (κ3) is 2.59. The molecule has 2 aliphatic heterocycles. The van der Waals surface area contributed by atoms with Gasteiger partial charge >= 0.3 is 0 Å². The van der Waals surface area contributed by atoms with Gasteiger partial charge in [0, 0.05) is 37.8 Å². The molecule has 0 spiro atoms. The van der Waals surface area contributed by atoms with Gasteiger partial charge in [-0.3, -0.25) is 4.90 Å². The van der Waals surface area contributed by atoms with Crippen LogP contribution in [-0.4, -0.2) is 48.8 Å². The summed E-state index contributed by atoms with van der Waals surface area (Å²) in [5.41, 5.74) is 0. The Hall–Kier alpha value is -0.120. The molecular formula is C15H28N2O. The van der Waals surface area contributed by atoms with Crippen molar-refractivity contribution in [1.82, 2.24) is 10.2 Å². The second-order valence-corrected chi connectivity index (χ2v) is 6.47. The number of nitrogens with zero attached hydrogens (tertiary/aromatic N) is 1. The predicted molar refractivity (Wildman–Crippen MR) is 73.7 cm³/mol. The van der Waals surface area contributed by atoms with Gasteiger partial charge in [-0.25, -0.2) is 0 Å². The summed E-state index contributed by atoms with van der Waals surface area (Å²) >= 11 is 0. The minimum Gasteiger partial charge on any atom is -0.376 e. The van der Waals surface area contributed by atoms with E-state index in [-0.39, 0.29) is 0 Å². The topological polar surface area (TPSA) is 24.5 Å². The van der Waals surface area contributed by atoms with Crippen LogP contribution in [0, 0.1) is 5.92 Å². The number of piperazine rings is 1. The lowest BCUT2D eigenvalue weighted by molar-refractivity contribution is 0.0154. The van der Waals surface area contributed by atoms with Crippen LogP contribution in [-0.2, 0) is 4.74 Å². The molecule has 0 amide bonds. The lowest BCUT2D eigenvalue weighted by atomic mass is 9.98. The fourth-order valence-electron chi connectivity index (χ4n) is 3.79. The van der Waals surface area contributed by atoms with Crippen molar-refractivity contribution in [2.45, 2.75) is 70.2 Å². The van der Waals surface area contributed by atoms with Gasteiger partial charge in [0.1, 0.15) is 0 Å². The van der Waals surface area contributed by atoms with Crippen molar-refractivity contribution < 1.29 is 4.74 Å². The van der Waals surface area contributed by atoms with Gasteiger partial charge < -0.3 is 10.1 Å². The van der Waals surface area contributed by atoms with Gasteiger partial charge in [-0.15, -0.1) is 0 Å². The largest absolute Gasteiger partial charge is 0.376 e. The monoisotopic (exact) mass is 252 g/mol. The van der Waals surface area contributed by atoms with E-state index in [1.807, 2.05) is 0 Å². The Labute approximate surface area is 111 Å². The van der Waals surface area contributed by atoms with Gasteiger partial charge in [-0.2, -0.15) is 0 Å². The molecule has 3 rings (SSSR count). The van der Waals surface area contributed by atoms with Crippen LogP contribution in [0.2, 0.25) is 0 Å². The van der Waals surface area contributed by atoms with Crippen molar-refractivity contribution in [3.8, 4) is 0 Å². The molecule has 4 unspecified atom stereocenters. The molecule has 2 heterocycles. The summed E-state index contributed by atoms with van der Waals surface area (Å²) in [4.78, 5) is 2.76. The Bertz CT molecular complexity index is 280. The summed E-state index contributed by atoms with van der Waals surface area (Å²) in [5.74, 6) is 0.879. The number of hydrogen-bond acceptors (Lipinski definition) is 3. The molecule has 1 aliphatic carbocycles. The molecule has 3 aliphatic rings. The minimum atomic E-state index is 0.549. The van der Waals surface area contributed by atoms with Gasteiger partial charge in [-0.05, 0) is 38.5 Å². The third-order valence-electron chi connectivity index (χ3n) is 4.95. The molecule has 18 heavy (non-hydrogen) atoms.